The lowest BCUT2D eigenvalue weighted by atomic mass is 9.58. The molecule has 0 amide bonds. The first-order valence-corrected chi connectivity index (χ1v) is 18.8. The van der Waals surface area contributed by atoms with Crippen LogP contribution in [0.3, 0.4) is 0 Å². The summed E-state index contributed by atoms with van der Waals surface area (Å²) < 4.78 is 0. The molecule has 6 heteroatoms. The molecule has 220 valence electrons. The van der Waals surface area contributed by atoms with Crippen LogP contribution >= 0.6 is 23.5 Å². The summed E-state index contributed by atoms with van der Waals surface area (Å²) in [6.07, 6.45) is 19.2. The maximum absolute atomic E-state index is 13.5. The van der Waals surface area contributed by atoms with Gasteiger partial charge in [-0.3, -0.25) is 19.2 Å². The van der Waals surface area contributed by atoms with Crippen molar-refractivity contribution in [2.75, 3.05) is 0 Å². The fraction of sp³-hybridized carbons (Fsp3) is 0.882. The molecule has 0 aromatic rings. The van der Waals surface area contributed by atoms with Crippen molar-refractivity contribution in [2.24, 2.45) is 47.3 Å². The third kappa shape index (κ3) is 5.22. The molecule has 0 bridgehead atoms. The van der Waals surface area contributed by atoms with E-state index in [1.54, 1.807) is 0 Å². The van der Waals surface area contributed by atoms with Crippen LogP contribution in [0.2, 0.25) is 0 Å². The summed E-state index contributed by atoms with van der Waals surface area (Å²) in [5.41, 5.74) is 0. The summed E-state index contributed by atoms with van der Waals surface area (Å²) in [4.78, 5) is 53.5. The molecule has 7 aliphatic carbocycles. The molecule has 0 heterocycles. The Bertz CT molecular complexity index is 947. The minimum Gasteiger partial charge on any atom is -0.299 e. The van der Waals surface area contributed by atoms with E-state index in [2.05, 4.69) is 23.5 Å². The second kappa shape index (κ2) is 11.8. The van der Waals surface area contributed by atoms with Gasteiger partial charge in [0.25, 0.3) is 0 Å². The Hall–Kier alpha value is -0.620. The first kappa shape index (κ1) is 28.2. The zero-order valence-electron chi connectivity index (χ0n) is 24.1. The number of hydrogen-bond acceptors (Lipinski definition) is 6. The highest BCUT2D eigenvalue weighted by atomic mass is 32.2. The van der Waals surface area contributed by atoms with Crippen LogP contribution in [0, 0.1) is 47.3 Å². The van der Waals surface area contributed by atoms with E-state index in [-0.39, 0.29) is 47.3 Å². The smallest absolute Gasteiger partial charge is 0.140 e. The highest BCUT2D eigenvalue weighted by Gasteiger charge is 2.53. The molecule has 0 saturated heterocycles. The number of carbonyl (C=O) groups excluding carboxylic acids is 4. The summed E-state index contributed by atoms with van der Waals surface area (Å²) in [5, 5.41) is 2.36. The number of rotatable bonds is 4. The molecular weight excluding hydrogens is 537 g/mol. The van der Waals surface area contributed by atoms with Crippen LogP contribution in [0.25, 0.3) is 0 Å². The van der Waals surface area contributed by atoms with Crippen LogP contribution < -0.4 is 0 Å². The van der Waals surface area contributed by atoms with Crippen LogP contribution in [0.5, 0.6) is 0 Å². The lowest BCUT2D eigenvalue weighted by Gasteiger charge is -2.46. The average molecular weight is 585 g/mol. The predicted molar refractivity (Wildman–Crippen MR) is 161 cm³/mol. The van der Waals surface area contributed by atoms with E-state index in [1.807, 2.05) is 0 Å². The summed E-state index contributed by atoms with van der Waals surface area (Å²) in [7, 11) is 0. The molecule has 7 rings (SSSR count). The molecule has 4 nitrogen and oxygen atoms in total. The van der Waals surface area contributed by atoms with Gasteiger partial charge in [-0.15, -0.1) is 0 Å². The van der Waals surface area contributed by atoms with Gasteiger partial charge in [0.2, 0.25) is 0 Å². The van der Waals surface area contributed by atoms with Crippen molar-refractivity contribution >= 4 is 46.7 Å². The van der Waals surface area contributed by atoms with Gasteiger partial charge < -0.3 is 0 Å². The van der Waals surface area contributed by atoms with E-state index >= 15 is 0 Å². The van der Waals surface area contributed by atoms with Crippen molar-refractivity contribution in [3.8, 4) is 0 Å². The lowest BCUT2D eigenvalue weighted by Crippen LogP contribution is -2.51. The van der Waals surface area contributed by atoms with Crippen LogP contribution in [-0.2, 0) is 19.2 Å². The summed E-state index contributed by atoms with van der Waals surface area (Å²) in [5.74, 6) is 1.98. The molecule has 7 fully saturated rings. The number of carbonyl (C=O) groups is 4. The van der Waals surface area contributed by atoms with Crippen LogP contribution in [0.15, 0.2) is 0 Å². The molecule has 0 aromatic heterocycles. The van der Waals surface area contributed by atoms with Gasteiger partial charge in [0, 0.05) is 68.3 Å². The molecule has 0 N–H and O–H groups in total. The van der Waals surface area contributed by atoms with Crippen molar-refractivity contribution in [1.29, 1.82) is 0 Å². The number of hydrogen-bond donors (Lipinski definition) is 0. The standard InChI is InChI=1S/C34H48O4S2/c35-31-23-8-1-3-10-25(23)33(37)29-17-21(12-14-27(29)31)39-19-6-5-7-20(16-19)40-22-13-15-28-30(18-22)34(38)26-11-4-2-9-24(26)32(28)36/h19-30H,1-18H2. The molecule has 40 heavy (non-hydrogen) atoms. The normalized spacial score (nSPS) is 47.6. The minimum atomic E-state index is 0.00143. The highest BCUT2D eigenvalue weighted by Crippen LogP contribution is 2.52. The van der Waals surface area contributed by atoms with Crippen LogP contribution in [0.4, 0.5) is 0 Å². The van der Waals surface area contributed by atoms with Gasteiger partial charge in [0.1, 0.15) is 23.1 Å². The summed E-state index contributed by atoms with van der Waals surface area (Å²) in [6, 6.07) is 0. The van der Waals surface area contributed by atoms with Crippen molar-refractivity contribution in [1.82, 2.24) is 0 Å². The van der Waals surface area contributed by atoms with Gasteiger partial charge in [-0.2, -0.15) is 23.5 Å². The van der Waals surface area contributed by atoms with Gasteiger partial charge in [-0.05, 0) is 83.5 Å². The van der Waals surface area contributed by atoms with E-state index in [9.17, 15) is 19.2 Å². The predicted octanol–water partition coefficient (Wildman–Crippen LogP) is 7.25. The van der Waals surface area contributed by atoms with Crippen LogP contribution in [0.1, 0.15) is 116 Å². The maximum Gasteiger partial charge on any atom is 0.140 e. The van der Waals surface area contributed by atoms with E-state index in [4.69, 9.17) is 0 Å². The third-order valence-electron chi connectivity index (χ3n) is 12.4. The maximum atomic E-state index is 13.5. The molecular formula is C34H48O4S2. The Morgan fingerprint density at radius 2 is 0.650 bits per heavy atom. The molecule has 7 saturated carbocycles. The number of ketones is 4. The van der Waals surface area contributed by atoms with Gasteiger partial charge >= 0.3 is 0 Å². The van der Waals surface area contributed by atoms with E-state index in [0.717, 1.165) is 89.9 Å². The van der Waals surface area contributed by atoms with Gasteiger partial charge in [-0.25, -0.2) is 0 Å². The molecule has 12 atom stereocenters. The SMILES string of the molecule is O=C1C2CCCCC2C(=O)C2CC(SC3CCCC(SC4CCC5C(=O)C6CCCCC6C(=O)C5C4)C3)CCC12. The molecule has 0 aliphatic heterocycles. The molecule has 0 radical (unpaired) electrons. The Kier molecular flexibility index (Phi) is 8.32. The topological polar surface area (TPSA) is 68.3 Å². The van der Waals surface area contributed by atoms with Crippen molar-refractivity contribution in [3.05, 3.63) is 0 Å². The number of thioether (sulfide) groups is 2. The largest absolute Gasteiger partial charge is 0.299 e. The minimum absolute atomic E-state index is 0.00143. The Labute approximate surface area is 249 Å². The van der Waals surface area contributed by atoms with Crippen molar-refractivity contribution in [2.45, 2.75) is 137 Å². The summed E-state index contributed by atoms with van der Waals surface area (Å²) >= 11 is 4.30. The summed E-state index contributed by atoms with van der Waals surface area (Å²) in [6.45, 7) is 0. The zero-order chi connectivity index (χ0) is 27.4. The van der Waals surface area contributed by atoms with Gasteiger partial charge in [-0.1, -0.05) is 32.1 Å². The fourth-order valence-electron chi connectivity index (χ4n) is 10.4. The first-order chi connectivity index (χ1) is 19.5. The van der Waals surface area contributed by atoms with E-state index in [1.165, 1.54) is 25.7 Å². The zero-order valence-corrected chi connectivity index (χ0v) is 25.7. The quantitative estimate of drug-likeness (QED) is 0.347. The third-order valence-corrected chi connectivity index (χ3v) is 15.7. The average Bonchev–Trinajstić information content (AvgIpc) is 2.99. The Morgan fingerprint density at radius 3 is 1.05 bits per heavy atom. The van der Waals surface area contributed by atoms with E-state index < -0.39 is 0 Å². The van der Waals surface area contributed by atoms with Crippen LogP contribution in [-0.4, -0.2) is 44.1 Å². The van der Waals surface area contributed by atoms with Gasteiger partial charge in [0.05, 0.1) is 0 Å². The van der Waals surface area contributed by atoms with E-state index in [0.29, 0.717) is 44.1 Å². The molecule has 7 aliphatic rings. The number of fused-ring (bicyclic) bond motifs is 4. The lowest BCUT2D eigenvalue weighted by molar-refractivity contribution is -0.150. The highest BCUT2D eigenvalue weighted by molar-refractivity contribution is 8.01. The molecule has 0 spiro atoms. The Morgan fingerprint density at radius 1 is 0.325 bits per heavy atom. The van der Waals surface area contributed by atoms with Crippen molar-refractivity contribution < 1.29 is 19.2 Å². The fourth-order valence-corrected chi connectivity index (χ4v) is 14.1. The second-order valence-corrected chi connectivity index (χ2v) is 17.8. The second-order valence-electron chi connectivity index (χ2n) is 14.6. The monoisotopic (exact) mass is 584 g/mol. The molecule has 0 aromatic carbocycles. The first-order valence-electron chi connectivity index (χ1n) is 16.9. The number of Topliss-reactive ketones (excluding diaryl/α,β-unsaturated/α-hetero) is 4. The Balaban J connectivity index is 0.929. The molecule has 12 unspecified atom stereocenters. The van der Waals surface area contributed by atoms with Gasteiger partial charge in [0.15, 0.2) is 0 Å². The van der Waals surface area contributed by atoms with Crippen molar-refractivity contribution in [3.63, 3.8) is 0 Å².